The van der Waals surface area contributed by atoms with Crippen LogP contribution in [-0.4, -0.2) is 18.5 Å². The molecule has 1 aromatic heterocycles. The van der Waals surface area contributed by atoms with Gasteiger partial charge in [-0.15, -0.1) is 0 Å². The molecule has 0 N–H and O–H groups in total. The molecule has 1 heterocycles. The van der Waals surface area contributed by atoms with E-state index in [1.54, 1.807) is 11.5 Å². The molecule has 0 amide bonds. The van der Waals surface area contributed by atoms with E-state index in [2.05, 4.69) is 27.5 Å². The molecule has 0 aliphatic carbocycles. The SMILES string of the molecule is CN(C)c1ccc2cnsc2c1. The first kappa shape index (κ1) is 7.55. The van der Waals surface area contributed by atoms with E-state index >= 15 is 0 Å². The lowest BCUT2D eigenvalue weighted by atomic mass is 10.2. The first-order chi connectivity index (χ1) is 5.77. The molecule has 0 radical (unpaired) electrons. The van der Waals surface area contributed by atoms with E-state index in [4.69, 9.17) is 0 Å². The Morgan fingerprint density at radius 3 is 2.92 bits per heavy atom. The van der Waals surface area contributed by atoms with Crippen molar-refractivity contribution in [3.05, 3.63) is 24.4 Å². The second kappa shape index (κ2) is 2.75. The lowest BCUT2D eigenvalue weighted by Gasteiger charge is -2.11. The molecule has 0 fully saturated rings. The van der Waals surface area contributed by atoms with Crippen molar-refractivity contribution in [2.75, 3.05) is 19.0 Å². The Balaban J connectivity index is 2.60. The molecule has 0 saturated heterocycles. The fraction of sp³-hybridized carbons (Fsp3) is 0.222. The molecule has 0 atom stereocenters. The van der Waals surface area contributed by atoms with Crippen LogP contribution < -0.4 is 4.90 Å². The Morgan fingerprint density at radius 2 is 2.17 bits per heavy atom. The number of anilines is 1. The monoisotopic (exact) mass is 178 g/mol. The van der Waals surface area contributed by atoms with Crippen molar-refractivity contribution in [2.24, 2.45) is 0 Å². The van der Waals surface area contributed by atoms with Gasteiger partial charge >= 0.3 is 0 Å². The quantitative estimate of drug-likeness (QED) is 0.666. The molecular formula is C9H10N2S. The standard InChI is InChI=1S/C9H10N2S/c1-11(2)8-4-3-7-6-10-12-9(7)5-8/h3-6H,1-2H3. The van der Waals surface area contributed by atoms with E-state index in [1.165, 1.54) is 15.8 Å². The van der Waals surface area contributed by atoms with Crippen molar-refractivity contribution >= 4 is 27.3 Å². The lowest BCUT2D eigenvalue weighted by Crippen LogP contribution is -2.07. The number of nitrogens with zero attached hydrogens (tertiary/aromatic N) is 2. The van der Waals surface area contributed by atoms with Crippen LogP contribution in [0.1, 0.15) is 0 Å². The minimum absolute atomic E-state index is 1.23. The Kier molecular flexibility index (Phi) is 1.73. The maximum atomic E-state index is 4.12. The summed E-state index contributed by atoms with van der Waals surface area (Å²) in [5.41, 5.74) is 1.23. The fourth-order valence-corrected chi connectivity index (χ4v) is 1.81. The number of hydrogen-bond donors (Lipinski definition) is 0. The van der Waals surface area contributed by atoms with E-state index in [0.717, 1.165) is 0 Å². The Hall–Kier alpha value is -1.09. The highest BCUT2D eigenvalue weighted by Crippen LogP contribution is 2.23. The summed E-state index contributed by atoms with van der Waals surface area (Å²) in [4.78, 5) is 2.10. The van der Waals surface area contributed by atoms with Crippen LogP contribution >= 0.6 is 11.5 Å². The van der Waals surface area contributed by atoms with Gasteiger partial charge in [-0.05, 0) is 29.7 Å². The topological polar surface area (TPSA) is 16.1 Å². The van der Waals surface area contributed by atoms with Crippen LogP contribution in [0.2, 0.25) is 0 Å². The number of fused-ring (bicyclic) bond motifs is 1. The van der Waals surface area contributed by atoms with Gasteiger partial charge in [-0.1, -0.05) is 0 Å². The maximum Gasteiger partial charge on any atom is 0.0570 e. The third kappa shape index (κ3) is 1.16. The smallest absolute Gasteiger partial charge is 0.0570 e. The zero-order valence-electron chi connectivity index (χ0n) is 7.11. The molecule has 12 heavy (non-hydrogen) atoms. The Morgan fingerprint density at radius 1 is 1.33 bits per heavy atom. The fourth-order valence-electron chi connectivity index (χ4n) is 1.13. The molecule has 2 aromatic rings. The van der Waals surface area contributed by atoms with Crippen molar-refractivity contribution in [1.82, 2.24) is 4.37 Å². The summed E-state index contributed by atoms with van der Waals surface area (Å²) in [6.45, 7) is 0. The number of benzene rings is 1. The van der Waals surface area contributed by atoms with E-state index < -0.39 is 0 Å². The minimum atomic E-state index is 1.23. The highest BCUT2D eigenvalue weighted by atomic mass is 32.1. The zero-order valence-corrected chi connectivity index (χ0v) is 7.93. The van der Waals surface area contributed by atoms with E-state index in [0.29, 0.717) is 0 Å². The van der Waals surface area contributed by atoms with E-state index in [-0.39, 0.29) is 0 Å². The third-order valence-electron chi connectivity index (χ3n) is 1.86. The van der Waals surface area contributed by atoms with Crippen molar-refractivity contribution < 1.29 is 0 Å². The molecule has 0 saturated carbocycles. The average Bonchev–Trinajstić information content (AvgIpc) is 2.49. The first-order valence-corrected chi connectivity index (χ1v) is 4.56. The van der Waals surface area contributed by atoms with Crippen LogP contribution in [0.3, 0.4) is 0 Å². The predicted octanol–water partition coefficient (Wildman–Crippen LogP) is 2.36. The summed E-state index contributed by atoms with van der Waals surface area (Å²) < 4.78 is 5.38. The maximum absolute atomic E-state index is 4.12. The van der Waals surface area contributed by atoms with Crippen LogP contribution in [0.4, 0.5) is 5.69 Å². The van der Waals surface area contributed by atoms with Gasteiger partial charge in [0.1, 0.15) is 0 Å². The molecule has 2 rings (SSSR count). The molecule has 3 heteroatoms. The second-order valence-corrected chi connectivity index (χ2v) is 3.78. The second-order valence-electron chi connectivity index (χ2n) is 2.94. The molecule has 0 spiro atoms. The van der Waals surface area contributed by atoms with Crippen molar-refractivity contribution in [3.8, 4) is 0 Å². The summed E-state index contributed by atoms with van der Waals surface area (Å²) in [7, 11) is 4.09. The summed E-state index contributed by atoms with van der Waals surface area (Å²) in [5, 5.41) is 1.23. The minimum Gasteiger partial charge on any atom is -0.378 e. The molecule has 1 aromatic carbocycles. The van der Waals surface area contributed by atoms with Crippen molar-refractivity contribution in [2.45, 2.75) is 0 Å². The summed E-state index contributed by atoms with van der Waals surface area (Å²) in [5.74, 6) is 0. The average molecular weight is 178 g/mol. The normalized spacial score (nSPS) is 10.5. The van der Waals surface area contributed by atoms with E-state index in [1.807, 2.05) is 20.3 Å². The van der Waals surface area contributed by atoms with Crippen LogP contribution in [0, 0.1) is 0 Å². The highest BCUT2D eigenvalue weighted by Gasteiger charge is 1.98. The van der Waals surface area contributed by atoms with Gasteiger partial charge in [-0.2, -0.15) is 4.37 Å². The zero-order chi connectivity index (χ0) is 8.55. The van der Waals surface area contributed by atoms with Gasteiger partial charge in [-0.3, -0.25) is 0 Å². The molecule has 0 aliphatic heterocycles. The van der Waals surface area contributed by atoms with Crippen LogP contribution in [0.5, 0.6) is 0 Å². The Labute approximate surface area is 75.6 Å². The predicted molar refractivity (Wildman–Crippen MR) is 53.9 cm³/mol. The van der Waals surface area contributed by atoms with Gasteiger partial charge in [0.15, 0.2) is 0 Å². The molecule has 62 valence electrons. The number of rotatable bonds is 1. The van der Waals surface area contributed by atoms with Gasteiger partial charge in [0.25, 0.3) is 0 Å². The van der Waals surface area contributed by atoms with Crippen molar-refractivity contribution in [3.63, 3.8) is 0 Å². The van der Waals surface area contributed by atoms with Gasteiger partial charge in [-0.25, -0.2) is 0 Å². The lowest BCUT2D eigenvalue weighted by molar-refractivity contribution is 1.14. The Bertz CT molecular complexity index is 392. The van der Waals surface area contributed by atoms with Gasteiger partial charge < -0.3 is 4.90 Å². The summed E-state index contributed by atoms with van der Waals surface area (Å²) in [6.07, 6.45) is 1.90. The molecule has 0 aliphatic rings. The van der Waals surface area contributed by atoms with Gasteiger partial charge in [0, 0.05) is 31.4 Å². The third-order valence-corrected chi connectivity index (χ3v) is 2.62. The highest BCUT2D eigenvalue weighted by molar-refractivity contribution is 7.13. The van der Waals surface area contributed by atoms with Gasteiger partial charge in [0.2, 0.25) is 0 Å². The molecule has 2 nitrogen and oxygen atoms in total. The molecule has 0 unspecified atom stereocenters. The van der Waals surface area contributed by atoms with Gasteiger partial charge in [0.05, 0.1) is 4.70 Å². The number of hydrogen-bond acceptors (Lipinski definition) is 3. The summed E-state index contributed by atoms with van der Waals surface area (Å²) >= 11 is 1.54. The largest absolute Gasteiger partial charge is 0.378 e. The first-order valence-electron chi connectivity index (χ1n) is 3.79. The number of aromatic nitrogens is 1. The molecule has 0 bridgehead atoms. The molecular weight excluding hydrogens is 168 g/mol. The van der Waals surface area contributed by atoms with Crippen LogP contribution in [0.25, 0.3) is 10.1 Å². The van der Waals surface area contributed by atoms with Crippen LogP contribution in [-0.2, 0) is 0 Å². The van der Waals surface area contributed by atoms with Crippen molar-refractivity contribution in [1.29, 1.82) is 0 Å². The van der Waals surface area contributed by atoms with Crippen LogP contribution in [0.15, 0.2) is 24.4 Å². The van der Waals surface area contributed by atoms with E-state index in [9.17, 15) is 0 Å². The summed E-state index contributed by atoms with van der Waals surface area (Å²) in [6, 6.07) is 6.37.